The van der Waals surface area contributed by atoms with Gasteiger partial charge in [-0.25, -0.2) is 4.79 Å². The van der Waals surface area contributed by atoms with Crippen LogP contribution in [0.2, 0.25) is 0 Å². The molecule has 10 atom stereocenters. The molecule has 3 N–H and O–H groups in total. The normalized spacial score (nSPS) is 24.4. The number of benzene rings is 6. The standard InChI is InChI=1S/C57H62N2O11/c1-62-57(61)55-49(54(68-37-45-30-18-7-19-31-45)51(66-35-43-26-14-5-15-27-43)47(70-55)39-64-33-41-22-10-3-11-23-41)59-56(60)53-48(58)52(67-36-44-28-16-6-17-29-44)50(65-34-42-24-12-4-13-25-42)46(69-53)38-63-32-40-20-8-2-9-21-40/h2-31,46-55H,32-39,58H2,1H3,(H,59,60)/t46-,47-,48-,49-,50-,51-,52-,53?,54-,55-/m1/s1. The van der Waals surface area contributed by atoms with Gasteiger partial charge in [-0.05, 0) is 33.4 Å². The smallest absolute Gasteiger partial charge is 0.337 e. The Hall–Kier alpha value is -6.10. The largest absolute Gasteiger partial charge is 0.467 e. The van der Waals surface area contributed by atoms with Crippen LogP contribution < -0.4 is 11.1 Å². The lowest BCUT2D eigenvalue weighted by Crippen LogP contribution is -2.71. The predicted molar refractivity (Wildman–Crippen MR) is 262 cm³/mol. The molecule has 13 nitrogen and oxygen atoms in total. The maximum absolute atomic E-state index is 15.2. The molecule has 1 unspecified atom stereocenters. The second-order valence-corrected chi connectivity index (χ2v) is 17.4. The van der Waals surface area contributed by atoms with Crippen molar-refractivity contribution in [2.45, 2.75) is 101 Å². The molecule has 1 amide bonds. The van der Waals surface area contributed by atoms with E-state index in [0.717, 1.165) is 33.4 Å². The van der Waals surface area contributed by atoms with Crippen molar-refractivity contribution in [3.63, 3.8) is 0 Å². The SMILES string of the molecule is COC(=O)[C@@H]1O[C@H](COCc2ccccc2)[C@@H](OCc2ccccc2)[C@H](OCc2ccccc2)[C@H]1NC(=O)C1O[C@H](COCc2ccccc2)[C@@H](OCc2ccccc2)[C@H](OCc2ccccc2)[C@H]1N. The third-order valence-corrected chi connectivity index (χ3v) is 12.4. The van der Waals surface area contributed by atoms with Crippen molar-refractivity contribution in [1.29, 1.82) is 0 Å². The predicted octanol–water partition coefficient (Wildman–Crippen LogP) is 7.28. The van der Waals surface area contributed by atoms with E-state index in [2.05, 4.69) is 5.32 Å². The van der Waals surface area contributed by atoms with E-state index in [4.69, 9.17) is 48.4 Å². The van der Waals surface area contributed by atoms with E-state index in [1.54, 1.807) is 0 Å². The fourth-order valence-electron chi connectivity index (χ4n) is 8.74. The summed E-state index contributed by atoms with van der Waals surface area (Å²) in [6.07, 6.45) is -7.87. The van der Waals surface area contributed by atoms with Crippen molar-refractivity contribution < 1.29 is 52.2 Å². The van der Waals surface area contributed by atoms with Gasteiger partial charge >= 0.3 is 5.97 Å². The van der Waals surface area contributed by atoms with Crippen molar-refractivity contribution in [3.8, 4) is 0 Å². The zero-order valence-electron chi connectivity index (χ0n) is 39.3. The number of nitrogens with two attached hydrogens (primary N) is 1. The van der Waals surface area contributed by atoms with Crippen molar-refractivity contribution in [3.05, 3.63) is 215 Å². The highest BCUT2D eigenvalue weighted by atomic mass is 16.6. The number of methoxy groups -OCH3 is 1. The summed E-state index contributed by atoms with van der Waals surface area (Å²) in [5.74, 6) is -1.36. The first-order valence-electron chi connectivity index (χ1n) is 23.7. The number of esters is 1. The molecule has 2 aliphatic rings. The van der Waals surface area contributed by atoms with Crippen LogP contribution in [0.25, 0.3) is 0 Å². The molecule has 70 heavy (non-hydrogen) atoms. The molecule has 6 aromatic carbocycles. The van der Waals surface area contributed by atoms with Gasteiger partial charge in [-0.1, -0.05) is 182 Å². The summed E-state index contributed by atoms with van der Waals surface area (Å²) in [6, 6.07) is 56.1. The van der Waals surface area contributed by atoms with Crippen LogP contribution in [0.4, 0.5) is 0 Å². The van der Waals surface area contributed by atoms with E-state index in [0.29, 0.717) is 0 Å². The molecule has 0 saturated carbocycles. The molecular formula is C57H62N2O11. The fourth-order valence-corrected chi connectivity index (χ4v) is 8.74. The average Bonchev–Trinajstić information content (AvgIpc) is 3.41. The van der Waals surface area contributed by atoms with E-state index >= 15 is 4.79 Å². The molecule has 13 heteroatoms. The summed E-state index contributed by atoms with van der Waals surface area (Å²) in [7, 11) is 1.27. The van der Waals surface area contributed by atoms with E-state index in [1.165, 1.54) is 7.11 Å². The summed E-state index contributed by atoms with van der Waals surface area (Å²) in [5, 5.41) is 3.12. The Morgan fingerprint density at radius 3 is 1.13 bits per heavy atom. The maximum atomic E-state index is 15.2. The Morgan fingerprint density at radius 2 is 0.757 bits per heavy atom. The van der Waals surface area contributed by atoms with Crippen molar-refractivity contribution >= 4 is 11.9 Å². The second-order valence-electron chi connectivity index (χ2n) is 17.4. The molecule has 2 aliphatic heterocycles. The topological polar surface area (TPSA) is 155 Å². The van der Waals surface area contributed by atoms with Gasteiger partial charge in [0.15, 0.2) is 12.2 Å². The summed E-state index contributed by atoms with van der Waals surface area (Å²) >= 11 is 0. The number of carbonyl (C=O) groups excluding carboxylic acids is 2. The molecule has 2 saturated heterocycles. The van der Waals surface area contributed by atoms with Crippen molar-refractivity contribution in [1.82, 2.24) is 5.32 Å². The number of rotatable bonds is 23. The van der Waals surface area contributed by atoms with Gasteiger partial charge in [0.1, 0.15) is 36.6 Å². The minimum absolute atomic E-state index is 0.0276. The highest BCUT2D eigenvalue weighted by Gasteiger charge is 2.54. The summed E-state index contributed by atoms with van der Waals surface area (Å²) < 4.78 is 58.2. The summed E-state index contributed by atoms with van der Waals surface area (Å²) in [6.45, 7) is 1.32. The van der Waals surface area contributed by atoms with Gasteiger partial charge in [0.2, 0.25) is 0 Å². The van der Waals surface area contributed by atoms with Crippen molar-refractivity contribution in [2.24, 2.45) is 5.73 Å². The Morgan fingerprint density at radius 1 is 0.443 bits per heavy atom. The molecule has 8 rings (SSSR count). The van der Waals surface area contributed by atoms with Crippen LogP contribution >= 0.6 is 0 Å². The number of hydrogen-bond donors (Lipinski definition) is 2. The monoisotopic (exact) mass is 950 g/mol. The molecule has 0 spiro atoms. The molecular weight excluding hydrogens is 889 g/mol. The summed E-state index contributed by atoms with van der Waals surface area (Å²) in [4.78, 5) is 29.2. The van der Waals surface area contributed by atoms with E-state index in [1.807, 2.05) is 182 Å². The van der Waals surface area contributed by atoms with Crippen LogP contribution in [0.3, 0.4) is 0 Å². The third-order valence-electron chi connectivity index (χ3n) is 12.4. The first-order valence-corrected chi connectivity index (χ1v) is 23.7. The van der Waals surface area contributed by atoms with Gasteiger partial charge in [0.05, 0.1) is 72.0 Å². The highest BCUT2D eigenvalue weighted by molar-refractivity contribution is 5.84. The Kier molecular flexibility index (Phi) is 18.8. The molecule has 2 fully saturated rings. The molecule has 0 radical (unpaired) electrons. The number of nitrogens with one attached hydrogen (secondary N) is 1. The van der Waals surface area contributed by atoms with Crippen molar-refractivity contribution in [2.75, 3.05) is 20.3 Å². The lowest BCUT2D eigenvalue weighted by atomic mass is 9.89. The number of carbonyl (C=O) groups is 2. The minimum Gasteiger partial charge on any atom is -0.467 e. The van der Waals surface area contributed by atoms with Crippen LogP contribution in [0.1, 0.15) is 33.4 Å². The van der Waals surface area contributed by atoms with Crippen LogP contribution in [-0.4, -0.2) is 93.1 Å². The quantitative estimate of drug-likeness (QED) is 0.0621. The molecule has 2 heterocycles. The third kappa shape index (κ3) is 14.0. The first-order chi connectivity index (χ1) is 34.4. The molecule has 6 aromatic rings. The Bertz CT molecular complexity index is 2440. The van der Waals surface area contributed by atoms with Gasteiger partial charge in [-0.2, -0.15) is 0 Å². The average molecular weight is 951 g/mol. The van der Waals surface area contributed by atoms with E-state index in [9.17, 15) is 4.79 Å². The van der Waals surface area contributed by atoms with Gasteiger partial charge in [-0.15, -0.1) is 0 Å². The van der Waals surface area contributed by atoms with Gasteiger partial charge in [0.25, 0.3) is 5.91 Å². The molecule has 0 aliphatic carbocycles. The Balaban J connectivity index is 1.11. The van der Waals surface area contributed by atoms with Crippen LogP contribution in [0.5, 0.6) is 0 Å². The molecule has 0 aromatic heterocycles. The van der Waals surface area contributed by atoms with Crippen LogP contribution in [0, 0.1) is 0 Å². The molecule has 366 valence electrons. The van der Waals surface area contributed by atoms with E-state index < -0.39 is 72.8 Å². The number of hydrogen-bond acceptors (Lipinski definition) is 12. The number of amides is 1. The maximum Gasteiger partial charge on any atom is 0.337 e. The van der Waals surface area contributed by atoms with E-state index in [-0.39, 0.29) is 52.9 Å². The second kappa shape index (κ2) is 26.2. The lowest BCUT2D eigenvalue weighted by molar-refractivity contribution is -0.240. The van der Waals surface area contributed by atoms with Crippen LogP contribution in [0.15, 0.2) is 182 Å². The molecule has 0 bridgehead atoms. The fraction of sp³-hybridized carbons (Fsp3) is 0.333. The lowest BCUT2D eigenvalue weighted by Gasteiger charge is -2.47. The zero-order valence-corrected chi connectivity index (χ0v) is 39.3. The van der Waals surface area contributed by atoms with Gasteiger partial charge < -0.3 is 53.7 Å². The number of ether oxygens (including phenoxy) is 9. The minimum atomic E-state index is -1.37. The van der Waals surface area contributed by atoms with Gasteiger partial charge in [-0.3, -0.25) is 4.79 Å². The van der Waals surface area contributed by atoms with Crippen LogP contribution in [-0.2, 0) is 91.9 Å². The Labute approximate surface area is 410 Å². The first kappa shape index (κ1) is 50.3. The summed E-state index contributed by atoms with van der Waals surface area (Å²) in [5.41, 5.74) is 12.7. The zero-order chi connectivity index (χ0) is 48.3. The highest BCUT2D eigenvalue weighted by Crippen LogP contribution is 2.32. The van der Waals surface area contributed by atoms with Gasteiger partial charge in [0, 0.05) is 0 Å².